The molecular weight excluding hydrogens is 441 g/mol. The van der Waals surface area contributed by atoms with Crippen molar-refractivity contribution in [1.82, 2.24) is 9.29 Å². The van der Waals surface area contributed by atoms with Crippen molar-refractivity contribution in [3.05, 3.63) is 63.5 Å². The smallest absolute Gasteiger partial charge is 0.259 e. The Morgan fingerprint density at radius 2 is 1.79 bits per heavy atom. The van der Waals surface area contributed by atoms with Gasteiger partial charge in [0.2, 0.25) is 10.0 Å². The van der Waals surface area contributed by atoms with Gasteiger partial charge in [-0.15, -0.1) is 11.3 Å². The third-order valence-electron chi connectivity index (χ3n) is 3.83. The fraction of sp³-hybridized carbons (Fsp3) is 0.111. The van der Waals surface area contributed by atoms with Crippen LogP contribution in [0.3, 0.4) is 0 Å². The number of anilines is 1. The molecule has 0 radical (unpaired) electrons. The summed E-state index contributed by atoms with van der Waals surface area (Å²) in [7, 11) is -0.859. The molecule has 0 spiro atoms. The molecule has 3 aromatic rings. The van der Waals surface area contributed by atoms with E-state index in [0.29, 0.717) is 15.8 Å². The average Bonchev–Trinajstić information content (AvgIpc) is 3.10. The van der Waals surface area contributed by atoms with Crippen molar-refractivity contribution in [3.63, 3.8) is 0 Å². The number of rotatable bonds is 5. The van der Waals surface area contributed by atoms with E-state index in [1.54, 1.807) is 17.5 Å². The van der Waals surface area contributed by atoms with Gasteiger partial charge < -0.3 is 0 Å². The van der Waals surface area contributed by atoms with Gasteiger partial charge in [0.15, 0.2) is 5.13 Å². The van der Waals surface area contributed by atoms with Crippen molar-refractivity contribution in [2.75, 3.05) is 19.4 Å². The molecular formula is C18H15Cl2N3O3S2. The highest BCUT2D eigenvalue weighted by atomic mass is 35.5. The molecule has 146 valence electrons. The van der Waals surface area contributed by atoms with Gasteiger partial charge in [0.05, 0.1) is 21.2 Å². The molecule has 0 aliphatic carbocycles. The van der Waals surface area contributed by atoms with Crippen LogP contribution in [-0.4, -0.2) is 37.7 Å². The Balaban J connectivity index is 1.85. The van der Waals surface area contributed by atoms with E-state index in [1.807, 2.05) is 12.1 Å². The van der Waals surface area contributed by atoms with Crippen LogP contribution in [0, 0.1) is 0 Å². The zero-order valence-electron chi connectivity index (χ0n) is 14.8. The molecule has 0 saturated carbocycles. The standard InChI is InChI=1S/C18H15Cl2N3O3S2/c1-23(2)28(25,26)13-7-8-15(20)14(9-13)17(24)22-18-21-16(10-27-18)11-3-5-12(19)6-4-11/h3-10H,1-2H3,(H,21,22,24). The molecule has 0 unspecified atom stereocenters. The predicted octanol–water partition coefficient (Wildman–Crippen LogP) is 4.62. The van der Waals surface area contributed by atoms with Crippen molar-refractivity contribution < 1.29 is 13.2 Å². The molecule has 0 saturated heterocycles. The normalized spacial score (nSPS) is 11.6. The largest absolute Gasteiger partial charge is 0.298 e. The maximum Gasteiger partial charge on any atom is 0.259 e. The highest BCUT2D eigenvalue weighted by molar-refractivity contribution is 7.89. The lowest BCUT2D eigenvalue weighted by Crippen LogP contribution is -2.23. The summed E-state index contributed by atoms with van der Waals surface area (Å²) in [6.07, 6.45) is 0. The van der Waals surface area contributed by atoms with Gasteiger partial charge in [-0.3, -0.25) is 10.1 Å². The summed E-state index contributed by atoms with van der Waals surface area (Å²) >= 11 is 13.2. The van der Waals surface area contributed by atoms with Crippen molar-refractivity contribution in [3.8, 4) is 11.3 Å². The van der Waals surface area contributed by atoms with E-state index in [4.69, 9.17) is 23.2 Å². The zero-order chi connectivity index (χ0) is 20.5. The number of hydrogen-bond acceptors (Lipinski definition) is 5. The fourth-order valence-electron chi connectivity index (χ4n) is 2.30. The number of carbonyl (C=O) groups is 1. The first kappa shape index (κ1) is 20.8. The van der Waals surface area contributed by atoms with E-state index in [-0.39, 0.29) is 15.5 Å². The molecule has 2 aromatic carbocycles. The summed E-state index contributed by atoms with van der Waals surface area (Å²) in [5.74, 6) is -0.544. The Kier molecular flexibility index (Phi) is 6.07. The molecule has 0 fully saturated rings. The molecule has 10 heteroatoms. The third-order valence-corrected chi connectivity index (χ3v) is 6.98. The number of hydrogen-bond donors (Lipinski definition) is 1. The quantitative estimate of drug-likeness (QED) is 0.608. The van der Waals surface area contributed by atoms with Crippen molar-refractivity contribution >= 4 is 55.6 Å². The minimum atomic E-state index is -3.69. The van der Waals surface area contributed by atoms with Gasteiger partial charge in [-0.2, -0.15) is 0 Å². The number of carbonyl (C=O) groups excluding carboxylic acids is 1. The Bertz CT molecular complexity index is 1130. The second-order valence-corrected chi connectivity index (χ2v) is 9.78. The van der Waals surface area contributed by atoms with Crippen LogP contribution in [0.25, 0.3) is 11.3 Å². The lowest BCUT2D eigenvalue weighted by atomic mass is 10.2. The van der Waals surface area contributed by atoms with Gasteiger partial charge in [0.25, 0.3) is 5.91 Å². The molecule has 0 aliphatic rings. The molecule has 6 nitrogen and oxygen atoms in total. The second-order valence-electron chi connectivity index (χ2n) is 5.93. The number of nitrogens with one attached hydrogen (secondary N) is 1. The zero-order valence-corrected chi connectivity index (χ0v) is 18.0. The first-order valence-corrected chi connectivity index (χ1v) is 11.0. The first-order valence-electron chi connectivity index (χ1n) is 7.93. The number of sulfonamides is 1. The third kappa shape index (κ3) is 4.37. The summed E-state index contributed by atoms with van der Waals surface area (Å²) in [6.45, 7) is 0. The second kappa shape index (κ2) is 8.18. The highest BCUT2D eigenvalue weighted by Gasteiger charge is 2.21. The van der Waals surface area contributed by atoms with Gasteiger partial charge >= 0.3 is 0 Å². The topological polar surface area (TPSA) is 79.4 Å². The molecule has 1 aromatic heterocycles. The monoisotopic (exact) mass is 455 g/mol. The van der Waals surface area contributed by atoms with E-state index in [1.165, 1.54) is 43.6 Å². The van der Waals surface area contributed by atoms with Crippen LogP contribution in [0.2, 0.25) is 10.0 Å². The van der Waals surface area contributed by atoms with E-state index >= 15 is 0 Å². The Labute approximate surface area is 176 Å². The lowest BCUT2D eigenvalue weighted by molar-refractivity contribution is 0.102. The average molecular weight is 456 g/mol. The van der Waals surface area contributed by atoms with Crippen LogP contribution < -0.4 is 5.32 Å². The van der Waals surface area contributed by atoms with Crippen molar-refractivity contribution in [2.24, 2.45) is 0 Å². The highest BCUT2D eigenvalue weighted by Crippen LogP contribution is 2.28. The number of aromatic nitrogens is 1. The van der Waals surface area contributed by atoms with Crippen molar-refractivity contribution in [1.29, 1.82) is 0 Å². The Morgan fingerprint density at radius 1 is 1.11 bits per heavy atom. The summed E-state index contributed by atoms with van der Waals surface area (Å²) in [5.41, 5.74) is 1.60. The van der Waals surface area contributed by atoms with E-state index in [2.05, 4.69) is 10.3 Å². The van der Waals surface area contributed by atoms with Crippen molar-refractivity contribution in [2.45, 2.75) is 4.90 Å². The lowest BCUT2D eigenvalue weighted by Gasteiger charge is -2.13. The minimum Gasteiger partial charge on any atom is -0.298 e. The molecule has 3 rings (SSSR count). The molecule has 0 aliphatic heterocycles. The number of thiazole rings is 1. The molecule has 1 heterocycles. The maximum absolute atomic E-state index is 12.6. The fourth-order valence-corrected chi connectivity index (χ4v) is 4.27. The maximum atomic E-state index is 12.6. The van der Waals surface area contributed by atoms with E-state index in [0.717, 1.165) is 9.87 Å². The van der Waals surface area contributed by atoms with Gasteiger partial charge in [-0.1, -0.05) is 35.3 Å². The Morgan fingerprint density at radius 3 is 2.43 bits per heavy atom. The number of benzene rings is 2. The van der Waals surface area contributed by atoms with Crippen LogP contribution in [0.15, 0.2) is 52.7 Å². The van der Waals surface area contributed by atoms with Crippen LogP contribution >= 0.6 is 34.5 Å². The molecule has 0 bridgehead atoms. The van der Waals surface area contributed by atoms with Crippen LogP contribution in [0.5, 0.6) is 0 Å². The SMILES string of the molecule is CN(C)S(=O)(=O)c1ccc(Cl)c(C(=O)Nc2nc(-c3ccc(Cl)cc3)cs2)c1. The van der Waals surface area contributed by atoms with Gasteiger partial charge in [-0.25, -0.2) is 17.7 Å². The number of nitrogens with zero attached hydrogens (tertiary/aromatic N) is 2. The molecule has 1 N–H and O–H groups in total. The minimum absolute atomic E-state index is 0.0203. The van der Waals surface area contributed by atoms with E-state index in [9.17, 15) is 13.2 Å². The summed E-state index contributed by atoms with van der Waals surface area (Å²) in [5, 5.41) is 5.59. The first-order chi connectivity index (χ1) is 13.2. The van der Waals surface area contributed by atoms with Crippen LogP contribution in [-0.2, 0) is 10.0 Å². The van der Waals surface area contributed by atoms with Crippen LogP contribution in [0.1, 0.15) is 10.4 Å². The van der Waals surface area contributed by atoms with Gasteiger partial charge in [-0.05, 0) is 30.3 Å². The van der Waals surface area contributed by atoms with Gasteiger partial charge in [0.1, 0.15) is 0 Å². The summed E-state index contributed by atoms with van der Waals surface area (Å²) < 4.78 is 25.7. The molecule has 1 amide bonds. The molecule has 28 heavy (non-hydrogen) atoms. The number of amides is 1. The summed E-state index contributed by atoms with van der Waals surface area (Å²) in [4.78, 5) is 17.0. The Hall–Kier alpha value is -1.97. The number of halogens is 2. The predicted molar refractivity (Wildman–Crippen MR) is 113 cm³/mol. The summed E-state index contributed by atoms with van der Waals surface area (Å²) in [6, 6.07) is 11.2. The van der Waals surface area contributed by atoms with Gasteiger partial charge in [0, 0.05) is 30.1 Å². The van der Waals surface area contributed by atoms with E-state index < -0.39 is 15.9 Å². The molecule has 0 atom stereocenters. The van der Waals surface area contributed by atoms with Crippen LogP contribution in [0.4, 0.5) is 5.13 Å².